The highest BCUT2D eigenvalue weighted by Crippen LogP contribution is 2.34. The maximum atomic E-state index is 13.3. The summed E-state index contributed by atoms with van der Waals surface area (Å²) in [5, 5.41) is 4.27. The van der Waals surface area contributed by atoms with Gasteiger partial charge >= 0.3 is 12.2 Å². The summed E-state index contributed by atoms with van der Waals surface area (Å²) in [5.74, 6) is 0.0506. The average molecular weight is 457 g/mol. The van der Waals surface area contributed by atoms with E-state index in [1.165, 1.54) is 36.0 Å². The largest absolute Gasteiger partial charge is 0.416 e. The van der Waals surface area contributed by atoms with Crippen LogP contribution in [-0.2, 0) is 12.7 Å². The van der Waals surface area contributed by atoms with Crippen molar-refractivity contribution in [3.8, 4) is 0 Å². The second-order valence-corrected chi connectivity index (χ2v) is 8.35. The summed E-state index contributed by atoms with van der Waals surface area (Å²) < 4.78 is 41.0. The maximum absolute atomic E-state index is 13.3. The van der Waals surface area contributed by atoms with Gasteiger partial charge in [0.2, 0.25) is 0 Å². The molecule has 1 aliphatic heterocycles. The lowest BCUT2D eigenvalue weighted by molar-refractivity contribution is -0.138. The van der Waals surface area contributed by atoms with Crippen molar-refractivity contribution in [2.24, 2.45) is 5.92 Å². The van der Waals surface area contributed by atoms with Crippen LogP contribution in [0, 0.1) is 5.92 Å². The van der Waals surface area contributed by atoms with Gasteiger partial charge in [-0.3, -0.25) is 4.79 Å². The molecule has 6 nitrogen and oxygen atoms in total. The third kappa shape index (κ3) is 5.86. The molecule has 0 atom stereocenters. The summed E-state index contributed by atoms with van der Waals surface area (Å²) in [4.78, 5) is 27.4. The Hall–Kier alpha value is -2.39. The number of ketones is 1. The van der Waals surface area contributed by atoms with Crippen LogP contribution in [-0.4, -0.2) is 58.1 Å². The van der Waals surface area contributed by atoms with Crippen LogP contribution in [0.5, 0.6) is 0 Å². The van der Waals surface area contributed by atoms with Gasteiger partial charge in [0, 0.05) is 44.3 Å². The summed E-state index contributed by atoms with van der Waals surface area (Å²) in [6.07, 6.45) is -1.49. The SMILES string of the molecule is CC(=O)c1ccn(C(=O)N2CCC(CN(C)Cc3cc(Cl)ccc3C(F)(F)F)CC2)n1. The van der Waals surface area contributed by atoms with E-state index in [4.69, 9.17) is 11.6 Å². The normalized spacial score (nSPS) is 15.5. The molecule has 0 N–H and O–H groups in total. The number of halogens is 4. The summed E-state index contributed by atoms with van der Waals surface area (Å²) >= 11 is 5.91. The molecule has 1 aromatic carbocycles. The van der Waals surface area contributed by atoms with Crippen molar-refractivity contribution in [3.63, 3.8) is 0 Å². The lowest BCUT2D eigenvalue weighted by Gasteiger charge is -2.33. The quantitative estimate of drug-likeness (QED) is 0.618. The number of piperidine rings is 1. The second kappa shape index (κ2) is 9.40. The van der Waals surface area contributed by atoms with Gasteiger partial charge in [-0.2, -0.15) is 23.0 Å². The van der Waals surface area contributed by atoms with Gasteiger partial charge < -0.3 is 9.80 Å². The monoisotopic (exact) mass is 456 g/mol. The molecule has 10 heteroatoms. The van der Waals surface area contributed by atoms with Crippen LogP contribution in [0.2, 0.25) is 5.02 Å². The van der Waals surface area contributed by atoms with Crippen molar-refractivity contribution in [2.45, 2.75) is 32.5 Å². The highest BCUT2D eigenvalue weighted by molar-refractivity contribution is 6.30. The van der Waals surface area contributed by atoms with Crippen LogP contribution in [0.1, 0.15) is 41.4 Å². The molecule has 2 heterocycles. The Bertz CT molecular complexity index is 952. The topological polar surface area (TPSA) is 58.4 Å². The summed E-state index contributed by atoms with van der Waals surface area (Å²) in [6, 6.07) is 4.85. The molecular weight excluding hydrogens is 433 g/mol. The summed E-state index contributed by atoms with van der Waals surface area (Å²) in [7, 11) is 1.78. The second-order valence-electron chi connectivity index (χ2n) is 7.91. The van der Waals surface area contributed by atoms with E-state index in [2.05, 4.69) is 5.10 Å². The van der Waals surface area contributed by atoms with Gasteiger partial charge in [0.25, 0.3) is 0 Å². The van der Waals surface area contributed by atoms with E-state index in [1.54, 1.807) is 11.9 Å². The van der Waals surface area contributed by atoms with E-state index >= 15 is 0 Å². The van der Waals surface area contributed by atoms with Crippen molar-refractivity contribution < 1.29 is 22.8 Å². The number of carbonyl (C=O) groups is 2. The molecule has 1 fully saturated rings. The molecule has 1 saturated heterocycles. The number of amides is 1. The number of hydrogen-bond acceptors (Lipinski definition) is 4. The van der Waals surface area contributed by atoms with E-state index in [0.29, 0.717) is 19.6 Å². The molecule has 1 aliphatic rings. The Morgan fingerprint density at radius 1 is 1.23 bits per heavy atom. The zero-order chi connectivity index (χ0) is 22.8. The van der Waals surface area contributed by atoms with Crippen LogP contribution in [0.3, 0.4) is 0 Å². The lowest BCUT2D eigenvalue weighted by atomic mass is 9.96. The van der Waals surface area contributed by atoms with Crippen LogP contribution >= 0.6 is 11.6 Å². The van der Waals surface area contributed by atoms with Gasteiger partial charge in [-0.1, -0.05) is 11.6 Å². The van der Waals surface area contributed by atoms with Gasteiger partial charge in [-0.15, -0.1) is 0 Å². The predicted octanol–water partition coefficient (Wildman–Crippen LogP) is 4.57. The van der Waals surface area contributed by atoms with Gasteiger partial charge in [0.15, 0.2) is 5.78 Å². The third-order valence-corrected chi connectivity index (χ3v) is 5.65. The minimum Gasteiger partial charge on any atom is -0.323 e. The van der Waals surface area contributed by atoms with Gasteiger partial charge in [-0.25, -0.2) is 4.79 Å². The first-order valence-corrected chi connectivity index (χ1v) is 10.3. The van der Waals surface area contributed by atoms with E-state index in [-0.39, 0.29) is 40.6 Å². The third-order valence-electron chi connectivity index (χ3n) is 5.41. The number of aromatic nitrogens is 2. The Balaban J connectivity index is 1.55. The lowest BCUT2D eigenvalue weighted by Crippen LogP contribution is -2.43. The number of rotatable bonds is 5. The number of carbonyl (C=O) groups excluding carboxylic acids is 2. The highest BCUT2D eigenvalue weighted by atomic mass is 35.5. The van der Waals surface area contributed by atoms with E-state index in [0.717, 1.165) is 18.9 Å². The van der Waals surface area contributed by atoms with Crippen molar-refractivity contribution in [1.29, 1.82) is 0 Å². The highest BCUT2D eigenvalue weighted by Gasteiger charge is 2.33. The number of benzene rings is 1. The molecule has 0 bridgehead atoms. The molecule has 0 radical (unpaired) electrons. The smallest absolute Gasteiger partial charge is 0.323 e. The molecule has 0 spiro atoms. The van der Waals surface area contributed by atoms with Crippen LogP contribution in [0.4, 0.5) is 18.0 Å². The minimum atomic E-state index is -4.43. The van der Waals surface area contributed by atoms with Crippen molar-refractivity contribution in [1.82, 2.24) is 19.6 Å². The Morgan fingerprint density at radius 2 is 1.90 bits per heavy atom. The maximum Gasteiger partial charge on any atom is 0.416 e. The first-order chi connectivity index (χ1) is 14.5. The van der Waals surface area contributed by atoms with Crippen molar-refractivity contribution in [2.75, 3.05) is 26.7 Å². The van der Waals surface area contributed by atoms with Crippen molar-refractivity contribution in [3.05, 3.63) is 52.3 Å². The number of nitrogens with zero attached hydrogens (tertiary/aromatic N) is 4. The summed E-state index contributed by atoms with van der Waals surface area (Å²) in [5.41, 5.74) is -0.285. The van der Waals surface area contributed by atoms with E-state index in [9.17, 15) is 22.8 Å². The van der Waals surface area contributed by atoms with E-state index < -0.39 is 11.7 Å². The molecule has 168 valence electrons. The molecule has 3 rings (SSSR count). The zero-order valence-electron chi connectivity index (χ0n) is 17.3. The molecule has 1 aromatic heterocycles. The minimum absolute atomic E-state index is 0.135. The first kappa shape index (κ1) is 23.3. The zero-order valence-corrected chi connectivity index (χ0v) is 18.1. The van der Waals surface area contributed by atoms with Gasteiger partial charge in [-0.05, 0) is 55.6 Å². The van der Waals surface area contributed by atoms with Crippen LogP contribution in [0.15, 0.2) is 30.5 Å². The average Bonchev–Trinajstić information content (AvgIpc) is 3.17. The fourth-order valence-electron chi connectivity index (χ4n) is 3.84. The number of alkyl halides is 3. The van der Waals surface area contributed by atoms with Crippen molar-refractivity contribution >= 4 is 23.4 Å². The first-order valence-electron chi connectivity index (χ1n) is 9.94. The van der Waals surface area contributed by atoms with E-state index in [1.807, 2.05) is 4.90 Å². The van der Waals surface area contributed by atoms with Gasteiger partial charge in [0.1, 0.15) is 5.69 Å². The summed E-state index contributed by atoms with van der Waals surface area (Å²) in [6.45, 7) is 3.19. The molecule has 2 aromatic rings. The molecule has 0 aliphatic carbocycles. The molecular formula is C21H24ClF3N4O2. The van der Waals surface area contributed by atoms with Gasteiger partial charge in [0.05, 0.1) is 5.56 Å². The van der Waals surface area contributed by atoms with Crippen LogP contribution < -0.4 is 0 Å². The Morgan fingerprint density at radius 3 is 2.48 bits per heavy atom. The number of hydrogen-bond donors (Lipinski definition) is 0. The fraction of sp³-hybridized carbons (Fsp3) is 0.476. The predicted molar refractivity (Wildman–Crippen MR) is 110 cm³/mol. The Kier molecular flexibility index (Phi) is 7.06. The van der Waals surface area contributed by atoms with Crippen LogP contribution in [0.25, 0.3) is 0 Å². The number of likely N-dealkylation sites (tertiary alicyclic amines) is 1. The molecule has 1 amide bonds. The fourth-order valence-corrected chi connectivity index (χ4v) is 4.03. The molecule has 0 saturated carbocycles. The molecule has 31 heavy (non-hydrogen) atoms. The molecule has 0 unspecified atom stereocenters. The Labute approximate surface area is 183 Å². The number of Topliss-reactive ketones (excluding diaryl/α,β-unsaturated/α-hetero) is 1. The standard InChI is InChI=1S/C21H24ClF3N4O2/c1-14(30)19-7-10-29(26-19)20(31)28-8-5-15(6-9-28)12-27(2)13-16-11-17(22)3-4-18(16)21(23,24)25/h3-4,7,10-11,15H,5-6,8-9,12-13H2,1-2H3.